The van der Waals surface area contributed by atoms with Crippen LogP contribution in [0.4, 0.5) is 5.88 Å². The number of thiazole rings is 1. The number of nitrogens with zero attached hydrogens (tertiary/aromatic N) is 4. The van der Waals surface area contributed by atoms with Crippen molar-refractivity contribution in [2.24, 2.45) is 4.99 Å². The fourth-order valence-corrected chi connectivity index (χ4v) is 5.75. The van der Waals surface area contributed by atoms with Gasteiger partial charge in [0, 0.05) is 43.9 Å². The molecule has 1 unspecified atom stereocenters. The predicted molar refractivity (Wildman–Crippen MR) is 142 cm³/mol. The van der Waals surface area contributed by atoms with Gasteiger partial charge in [0.1, 0.15) is 17.6 Å². The molecule has 0 saturated carbocycles. The number of rotatable bonds is 6. The third kappa shape index (κ3) is 4.74. The number of hydrogen-bond acceptors (Lipinski definition) is 9. The van der Waals surface area contributed by atoms with Gasteiger partial charge in [0.25, 0.3) is 5.56 Å². The molecule has 2 aliphatic heterocycles. The van der Waals surface area contributed by atoms with E-state index in [2.05, 4.69) is 21.8 Å². The van der Waals surface area contributed by atoms with Crippen LogP contribution in [0.5, 0.6) is 5.75 Å². The molecule has 3 aromatic rings. The van der Waals surface area contributed by atoms with Crippen LogP contribution < -0.4 is 24.5 Å². The summed E-state index contributed by atoms with van der Waals surface area (Å²) in [5.74, 6) is 1.45. The van der Waals surface area contributed by atoms with Crippen LogP contribution in [0, 0.1) is 0 Å². The molecule has 0 amide bonds. The third-order valence-corrected chi connectivity index (χ3v) is 7.63. The number of piperazine rings is 1. The molecule has 2 aromatic heterocycles. The summed E-state index contributed by atoms with van der Waals surface area (Å²) in [6.45, 7) is 7.45. The first-order valence-corrected chi connectivity index (χ1v) is 13.1. The summed E-state index contributed by atoms with van der Waals surface area (Å²) in [6.07, 6.45) is 1.74. The number of anilines is 1. The molecule has 37 heavy (non-hydrogen) atoms. The van der Waals surface area contributed by atoms with Crippen LogP contribution in [0.15, 0.2) is 61.9 Å². The number of benzene rings is 1. The maximum Gasteiger partial charge on any atom is 0.338 e. The van der Waals surface area contributed by atoms with Gasteiger partial charge >= 0.3 is 5.97 Å². The van der Waals surface area contributed by atoms with Gasteiger partial charge in [-0.15, -0.1) is 0 Å². The standard InChI is InChI=1S/C27H30N4O5S/c1-5-35-26(33)23-17(2)28-27-31(24(23)19-8-6-7-9-20(19)34-4)25(32)21(37-27)16-18-10-11-22(36-18)30-14-12-29(3)13-15-30/h6-11,16,24H,5,12-15H2,1-4H3/b21-16+. The van der Waals surface area contributed by atoms with Crippen LogP contribution >= 0.6 is 11.3 Å². The van der Waals surface area contributed by atoms with E-state index in [1.54, 1.807) is 31.6 Å². The van der Waals surface area contributed by atoms with E-state index in [0.717, 1.165) is 32.1 Å². The van der Waals surface area contributed by atoms with Crippen molar-refractivity contribution in [3.8, 4) is 5.75 Å². The number of methoxy groups -OCH3 is 1. The van der Waals surface area contributed by atoms with Crippen molar-refractivity contribution in [2.75, 3.05) is 51.8 Å². The second kappa shape index (κ2) is 10.4. The highest BCUT2D eigenvalue weighted by Gasteiger charge is 2.35. The van der Waals surface area contributed by atoms with E-state index in [9.17, 15) is 9.59 Å². The predicted octanol–water partition coefficient (Wildman–Crippen LogP) is 2.15. The lowest BCUT2D eigenvalue weighted by Gasteiger charge is -2.32. The number of fused-ring (bicyclic) bond motifs is 1. The van der Waals surface area contributed by atoms with Gasteiger partial charge in [-0.05, 0) is 33.0 Å². The first-order valence-electron chi connectivity index (χ1n) is 12.3. The highest BCUT2D eigenvalue weighted by molar-refractivity contribution is 7.07. The summed E-state index contributed by atoms with van der Waals surface area (Å²) in [5.41, 5.74) is 1.26. The molecule has 4 heterocycles. The number of carbonyl (C=O) groups excluding carboxylic acids is 1. The van der Waals surface area contributed by atoms with Crippen LogP contribution in [0.2, 0.25) is 0 Å². The smallest absolute Gasteiger partial charge is 0.338 e. The lowest BCUT2D eigenvalue weighted by Crippen LogP contribution is -2.44. The van der Waals surface area contributed by atoms with Gasteiger partial charge in [-0.2, -0.15) is 0 Å². The molecule has 1 saturated heterocycles. The fraction of sp³-hybridized carbons (Fsp3) is 0.370. The summed E-state index contributed by atoms with van der Waals surface area (Å²) in [6, 6.07) is 10.5. The van der Waals surface area contributed by atoms with Crippen LogP contribution in [0.1, 0.15) is 31.2 Å². The Hall–Kier alpha value is -3.63. The molecule has 0 bridgehead atoms. The number of aromatic nitrogens is 1. The Balaban J connectivity index is 1.61. The minimum absolute atomic E-state index is 0.215. The van der Waals surface area contributed by atoms with E-state index in [1.165, 1.54) is 11.3 Å². The monoisotopic (exact) mass is 522 g/mol. The lowest BCUT2D eigenvalue weighted by molar-refractivity contribution is -0.139. The number of furan rings is 1. The van der Waals surface area contributed by atoms with Crippen molar-refractivity contribution in [3.63, 3.8) is 0 Å². The molecule has 0 radical (unpaired) electrons. The van der Waals surface area contributed by atoms with Gasteiger partial charge in [0.2, 0.25) is 0 Å². The molecule has 0 spiro atoms. The van der Waals surface area contributed by atoms with Gasteiger partial charge in [-0.25, -0.2) is 9.79 Å². The topological polar surface area (TPSA) is 89.5 Å². The second-order valence-corrected chi connectivity index (χ2v) is 10.0. The molecular weight excluding hydrogens is 492 g/mol. The van der Waals surface area contributed by atoms with Crippen LogP contribution in [0.25, 0.3) is 6.08 Å². The normalized spacial score (nSPS) is 18.5. The number of ether oxygens (including phenoxy) is 2. The largest absolute Gasteiger partial charge is 0.496 e. The Bertz CT molecular complexity index is 1520. The van der Waals surface area contributed by atoms with Crippen molar-refractivity contribution < 1.29 is 18.7 Å². The van der Waals surface area contributed by atoms with Crippen LogP contribution in [-0.4, -0.2) is 62.4 Å². The number of esters is 1. The molecule has 0 aliphatic carbocycles. The van der Waals surface area contributed by atoms with Crippen molar-refractivity contribution in [1.82, 2.24) is 9.47 Å². The molecule has 1 fully saturated rings. The summed E-state index contributed by atoms with van der Waals surface area (Å²) in [5, 5.41) is 0. The highest BCUT2D eigenvalue weighted by atomic mass is 32.1. The molecule has 0 N–H and O–H groups in total. The minimum Gasteiger partial charge on any atom is -0.496 e. The lowest BCUT2D eigenvalue weighted by atomic mass is 9.95. The number of allylic oxidation sites excluding steroid dienone is 1. The number of hydrogen-bond donors (Lipinski definition) is 0. The van der Waals surface area contributed by atoms with E-state index in [0.29, 0.717) is 37.7 Å². The van der Waals surface area contributed by atoms with Gasteiger partial charge in [-0.3, -0.25) is 9.36 Å². The van der Waals surface area contributed by atoms with E-state index >= 15 is 0 Å². The van der Waals surface area contributed by atoms with E-state index < -0.39 is 12.0 Å². The maximum absolute atomic E-state index is 13.8. The van der Waals surface area contributed by atoms with Gasteiger partial charge in [0.05, 0.1) is 29.5 Å². The van der Waals surface area contributed by atoms with Crippen molar-refractivity contribution >= 4 is 29.3 Å². The summed E-state index contributed by atoms with van der Waals surface area (Å²) in [7, 11) is 3.68. The first kappa shape index (κ1) is 25.0. The number of likely N-dealkylation sites (N-methyl/N-ethyl adjacent to an activating group) is 1. The van der Waals surface area contributed by atoms with Crippen molar-refractivity contribution in [1.29, 1.82) is 0 Å². The Kier molecular flexibility index (Phi) is 7.03. The van der Waals surface area contributed by atoms with E-state index in [-0.39, 0.29) is 12.2 Å². The minimum atomic E-state index is -0.730. The number of para-hydroxylation sites is 1. The van der Waals surface area contributed by atoms with Gasteiger partial charge in [0.15, 0.2) is 10.7 Å². The van der Waals surface area contributed by atoms with E-state index in [1.807, 2.05) is 36.4 Å². The van der Waals surface area contributed by atoms with Gasteiger partial charge in [-0.1, -0.05) is 29.5 Å². The zero-order valence-corrected chi connectivity index (χ0v) is 22.2. The van der Waals surface area contributed by atoms with Crippen LogP contribution in [-0.2, 0) is 9.53 Å². The van der Waals surface area contributed by atoms with Crippen molar-refractivity contribution in [3.05, 3.63) is 78.7 Å². The zero-order chi connectivity index (χ0) is 26.1. The maximum atomic E-state index is 13.8. The van der Waals surface area contributed by atoms with Crippen LogP contribution in [0.3, 0.4) is 0 Å². The SMILES string of the molecule is CCOC(=O)C1=C(C)N=c2s/c(=C/c3ccc(N4CCN(C)CC4)o3)c(=O)n2C1c1ccccc1OC. The highest BCUT2D eigenvalue weighted by Crippen LogP contribution is 2.35. The van der Waals surface area contributed by atoms with Crippen molar-refractivity contribution in [2.45, 2.75) is 19.9 Å². The van der Waals surface area contributed by atoms with Gasteiger partial charge < -0.3 is 23.7 Å². The van der Waals surface area contributed by atoms with E-state index in [4.69, 9.17) is 13.9 Å². The Morgan fingerprint density at radius 1 is 1.19 bits per heavy atom. The molecular formula is C27H30N4O5S. The Morgan fingerprint density at radius 3 is 2.68 bits per heavy atom. The zero-order valence-electron chi connectivity index (χ0n) is 21.4. The Labute approximate surface area is 218 Å². The second-order valence-electron chi connectivity index (χ2n) is 9.01. The fourth-order valence-electron chi connectivity index (χ4n) is 4.72. The first-order chi connectivity index (χ1) is 17.9. The summed E-state index contributed by atoms with van der Waals surface area (Å²) >= 11 is 1.27. The molecule has 10 heteroatoms. The average Bonchev–Trinajstić information content (AvgIpc) is 3.48. The third-order valence-electron chi connectivity index (χ3n) is 6.65. The molecule has 9 nitrogen and oxygen atoms in total. The Morgan fingerprint density at radius 2 is 1.95 bits per heavy atom. The molecule has 1 aromatic carbocycles. The summed E-state index contributed by atoms with van der Waals surface area (Å²) in [4.78, 5) is 36.5. The average molecular weight is 523 g/mol. The number of carbonyl (C=O) groups is 1. The quantitative estimate of drug-likeness (QED) is 0.459. The summed E-state index contributed by atoms with van der Waals surface area (Å²) < 4.78 is 19.1. The molecule has 194 valence electrons. The molecule has 2 aliphatic rings. The molecule has 1 atom stereocenters. The molecule has 5 rings (SSSR count).